The fraction of sp³-hybridized carbons (Fsp3) is 0.176. The van der Waals surface area contributed by atoms with Crippen molar-refractivity contribution in [1.29, 1.82) is 0 Å². The number of benzene rings is 2. The van der Waals surface area contributed by atoms with Crippen LogP contribution in [0.15, 0.2) is 48.5 Å². The highest BCUT2D eigenvalue weighted by Crippen LogP contribution is 2.25. The predicted octanol–water partition coefficient (Wildman–Crippen LogP) is 4.00. The number of aromatic nitrogens is 2. The highest BCUT2D eigenvalue weighted by molar-refractivity contribution is 5.86. The lowest BCUT2D eigenvalue weighted by molar-refractivity contribution is 0.779. The maximum absolute atomic E-state index is 5.90. The third-order valence-corrected chi connectivity index (χ3v) is 3.32. The van der Waals surface area contributed by atoms with E-state index in [0.29, 0.717) is 5.82 Å². The van der Waals surface area contributed by atoms with Crippen molar-refractivity contribution in [2.24, 2.45) is 0 Å². The molecule has 2 N–H and O–H groups in total. The molecule has 1 aromatic heterocycles. The third-order valence-electron chi connectivity index (χ3n) is 3.32. The van der Waals surface area contributed by atoms with Gasteiger partial charge in [0, 0.05) is 17.5 Å². The highest BCUT2D eigenvalue weighted by Gasteiger charge is 2.08. The van der Waals surface area contributed by atoms with Gasteiger partial charge in [-0.1, -0.05) is 50.2 Å². The average Bonchev–Trinajstić information content (AvgIpc) is 2.46. The summed E-state index contributed by atoms with van der Waals surface area (Å²) < 4.78 is 0. The van der Waals surface area contributed by atoms with Crippen LogP contribution >= 0.6 is 0 Å². The molecule has 0 radical (unpaired) electrons. The van der Waals surface area contributed by atoms with Gasteiger partial charge in [0.2, 0.25) is 0 Å². The van der Waals surface area contributed by atoms with Crippen molar-refractivity contribution in [2.45, 2.75) is 19.8 Å². The summed E-state index contributed by atoms with van der Waals surface area (Å²) in [5.74, 6) is 1.57. The summed E-state index contributed by atoms with van der Waals surface area (Å²) in [5, 5.41) is 2.43. The monoisotopic (exact) mass is 263 g/mol. The Balaban J connectivity index is 2.15. The van der Waals surface area contributed by atoms with Gasteiger partial charge in [0.25, 0.3) is 0 Å². The molecule has 100 valence electrons. The van der Waals surface area contributed by atoms with Gasteiger partial charge in [-0.2, -0.15) is 0 Å². The minimum absolute atomic E-state index is 0.262. The maximum atomic E-state index is 5.90. The van der Waals surface area contributed by atoms with Crippen LogP contribution in [0.5, 0.6) is 0 Å². The quantitative estimate of drug-likeness (QED) is 0.760. The van der Waals surface area contributed by atoms with Crippen molar-refractivity contribution < 1.29 is 0 Å². The van der Waals surface area contributed by atoms with Crippen molar-refractivity contribution in [2.75, 3.05) is 5.73 Å². The second-order valence-electron chi connectivity index (χ2n) is 5.25. The Hall–Kier alpha value is -2.42. The molecule has 0 aliphatic heterocycles. The summed E-state index contributed by atoms with van der Waals surface area (Å²) >= 11 is 0. The number of rotatable bonds is 2. The molecule has 3 rings (SSSR count). The molecule has 0 atom stereocenters. The lowest BCUT2D eigenvalue weighted by Crippen LogP contribution is -2.02. The van der Waals surface area contributed by atoms with Crippen molar-refractivity contribution in [3.8, 4) is 11.3 Å². The molecule has 3 nitrogen and oxygen atoms in total. The Morgan fingerprint density at radius 1 is 0.900 bits per heavy atom. The fourth-order valence-corrected chi connectivity index (χ4v) is 2.24. The van der Waals surface area contributed by atoms with E-state index in [0.717, 1.165) is 17.1 Å². The van der Waals surface area contributed by atoms with E-state index in [1.165, 1.54) is 10.8 Å². The van der Waals surface area contributed by atoms with E-state index in [-0.39, 0.29) is 5.92 Å². The number of hydrogen-bond acceptors (Lipinski definition) is 3. The molecule has 3 aromatic rings. The van der Waals surface area contributed by atoms with E-state index in [1.807, 2.05) is 18.2 Å². The van der Waals surface area contributed by atoms with Gasteiger partial charge in [-0.05, 0) is 16.8 Å². The molecule has 0 aliphatic carbocycles. The number of nitrogens with two attached hydrogens (primary N) is 1. The van der Waals surface area contributed by atoms with Crippen molar-refractivity contribution in [3.63, 3.8) is 0 Å². The average molecular weight is 263 g/mol. The molecule has 1 heterocycles. The van der Waals surface area contributed by atoms with Gasteiger partial charge >= 0.3 is 0 Å². The van der Waals surface area contributed by atoms with Crippen LogP contribution in [0, 0.1) is 0 Å². The summed E-state index contributed by atoms with van der Waals surface area (Å²) in [5.41, 5.74) is 7.85. The molecule has 20 heavy (non-hydrogen) atoms. The normalized spacial score (nSPS) is 11.2. The lowest BCUT2D eigenvalue weighted by atomic mass is 10.0. The van der Waals surface area contributed by atoms with Crippen LogP contribution in [0.1, 0.15) is 25.6 Å². The molecule has 0 bridgehead atoms. The summed E-state index contributed by atoms with van der Waals surface area (Å²) in [4.78, 5) is 8.91. The van der Waals surface area contributed by atoms with Crippen LogP contribution in [0.2, 0.25) is 0 Å². The topological polar surface area (TPSA) is 51.8 Å². The first-order valence-electron chi connectivity index (χ1n) is 6.77. The Morgan fingerprint density at radius 3 is 2.40 bits per heavy atom. The zero-order chi connectivity index (χ0) is 14.1. The van der Waals surface area contributed by atoms with Crippen molar-refractivity contribution >= 4 is 16.6 Å². The minimum Gasteiger partial charge on any atom is -0.384 e. The van der Waals surface area contributed by atoms with Crippen LogP contribution in [0.4, 0.5) is 5.82 Å². The van der Waals surface area contributed by atoms with Gasteiger partial charge < -0.3 is 5.73 Å². The minimum atomic E-state index is 0.262. The molecule has 0 amide bonds. The van der Waals surface area contributed by atoms with Crippen molar-refractivity contribution in [1.82, 2.24) is 9.97 Å². The van der Waals surface area contributed by atoms with Gasteiger partial charge in [-0.25, -0.2) is 9.97 Å². The van der Waals surface area contributed by atoms with Gasteiger partial charge in [-0.3, -0.25) is 0 Å². The first-order chi connectivity index (χ1) is 9.63. The third kappa shape index (κ3) is 2.35. The van der Waals surface area contributed by atoms with E-state index < -0.39 is 0 Å². The van der Waals surface area contributed by atoms with Crippen LogP contribution < -0.4 is 5.73 Å². The van der Waals surface area contributed by atoms with Crippen LogP contribution in [-0.2, 0) is 0 Å². The zero-order valence-electron chi connectivity index (χ0n) is 11.7. The van der Waals surface area contributed by atoms with Gasteiger partial charge in [0.1, 0.15) is 11.6 Å². The predicted molar refractivity (Wildman–Crippen MR) is 83.5 cm³/mol. The van der Waals surface area contributed by atoms with E-state index in [1.54, 1.807) is 0 Å². The standard InChI is InChI=1S/C17H17N3/c1-11(2)17-19-15(10-16(18)20-17)14-8-7-12-5-3-4-6-13(12)9-14/h3-11H,1-2H3,(H2,18,19,20). The Labute approximate surface area is 118 Å². The SMILES string of the molecule is CC(C)c1nc(N)cc(-c2ccc3ccccc3c2)n1. The number of anilines is 1. The van der Waals surface area contributed by atoms with Crippen LogP contribution in [0.3, 0.4) is 0 Å². The number of fused-ring (bicyclic) bond motifs is 1. The molecule has 0 aliphatic rings. The van der Waals surface area contributed by atoms with E-state index >= 15 is 0 Å². The smallest absolute Gasteiger partial charge is 0.133 e. The molecule has 0 saturated carbocycles. The van der Waals surface area contributed by atoms with Crippen molar-refractivity contribution in [3.05, 3.63) is 54.4 Å². The Bertz CT molecular complexity index is 763. The zero-order valence-corrected chi connectivity index (χ0v) is 11.7. The Kier molecular flexibility index (Phi) is 3.11. The van der Waals surface area contributed by atoms with E-state index in [4.69, 9.17) is 5.73 Å². The number of hydrogen-bond donors (Lipinski definition) is 1. The van der Waals surface area contributed by atoms with Gasteiger partial charge in [0.05, 0.1) is 5.69 Å². The summed E-state index contributed by atoms with van der Waals surface area (Å²) in [6.45, 7) is 4.14. The van der Waals surface area contributed by atoms with Crippen LogP contribution in [0.25, 0.3) is 22.0 Å². The molecule has 0 unspecified atom stereocenters. The first-order valence-corrected chi connectivity index (χ1v) is 6.77. The molecule has 2 aromatic carbocycles. The first kappa shape index (κ1) is 12.6. The second-order valence-corrected chi connectivity index (χ2v) is 5.25. The molecule has 0 saturated heterocycles. The molecule has 3 heteroatoms. The summed E-state index contributed by atoms with van der Waals surface area (Å²) in [7, 11) is 0. The Morgan fingerprint density at radius 2 is 1.65 bits per heavy atom. The molecule has 0 fully saturated rings. The summed E-state index contributed by atoms with van der Waals surface area (Å²) in [6, 6.07) is 16.4. The van der Waals surface area contributed by atoms with E-state index in [9.17, 15) is 0 Å². The van der Waals surface area contributed by atoms with E-state index in [2.05, 4.69) is 54.1 Å². The number of nitrogen functional groups attached to an aromatic ring is 1. The molecular weight excluding hydrogens is 246 g/mol. The molecule has 0 spiro atoms. The largest absolute Gasteiger partial charge is 0.384 e. The number of nitrogens with zero attached hydrogens (tertiary/aromatic N) is 2. The fourth-order valence-electron chi connectivity index (χ4n) is 2.24. The maximum Gasteiger partial charge on any atom is 0.133 e. The lowest BCUT2D eigenvalue weighted by Gasteiger charge is -2.09. The van der Waals surface area contributed by atoms with Gasteiger partial charge in [0.15, 0.2) is 0 Å². The summed E-state index contributed by atoms with van der Waals surface area (Å²) in [6.07, 6.45) is 0. The highest BCUT2D eigenvalue weighted by atomic mass is 14.9. The second kappa shape index (κ2) is 4.93. The van der Waals surface area contributed by atoms with Crippen LogP contribution in [-0.4, -0.2) is 9.97 Å². The van der Waals surface area contributed by atoms with Gasteiger partial charge in [-0.15, -0.1) is 0 Å². The molecular formula is C17H17N3.